The Morgan fingerprint density at radius 3 is 2.05 bits per heavy atom. The number of nitrogens with zero attached hydrogens (tertiary/aromatic N) is 1. The summed E-state index contributed by atoms with van der Waals surface area (Å²) >= 11 is 0. The Bertz CT molecular complexity index is 463. The summed E-state index contributed by atoms with van der Waals surface area (Å²) in [7, 11) is 4.26. The number of benzene rings is 1. The first-order valence-corrected chi connectivity index (χ1v) is 8.29. The van der Waals surface area contributed by atoms with Crippen LogP contribution in [-0.4, -0.2) is 35.7 Å². The van der Waals surface area contributed by atoms with Crippen molar-refractivity contribution in [3.05, 3.63) is 34.4 Å². The monoisotopic (exact) mass is 289 g/mol. The molecular formula is C19H31NO. The van der Waals surface area contributed by atoms with E-state index < -0.39 is 0 Å². The highest BCUT2D eigenvalue weighted by atomic mass is 16.3. The van der Waals surface area contributed by atoms with Gasteiger partial charge in [0.1, 0.15) is 0 Å². The number of aliphatic hydroxyl groups excluding tert-OH is 1. The van der Waals surface area contributed by atoms with Crippen molar-refractivity contribution in [3.63, 3.8) is 0 Å². The van der Waals surface area contributed by atoms with E-state index >= 15 is 0 Å². The molecule has 0 heterocycles. The van der Waals surface area contributed by atoms with Crippen molar-refractivity contribution in [2.24, 2.45) is 0 Å². The summed E-state index contributed by atoms with van der Waals surface area (Å²) in [5, 5.41) is 11.0. The summed E-state index contributed by atoms with van der Waals surface area (Å²) in [5.74, 6) is 0. The fourth-order valence-corrected chi connectivity index (χ4v) is 4.16. The summed E-state index contributed by atoms with van der Waals surface area (Å²) in [6, 6.07) is 4.47. The van der Waals surface area contributed by atoms with Crippen LogP contribution in [0.15, 0.2) is 12.1 Å². The van der Waals surface area contributed by atoms with Crippen LogP contribution in [0.2, 0.25) is 0 Å². The van der Waals surface area contributed by atoms with Gasteiger partial charge >= 0.3 is 0 Å². The van der Waals surface area contributed by atoms with Crippen molar-refractivity contribution in [3.8, 4) is 0 Å². The van der Waals surface area contributed by atoms with Gasteiger partial charge in [-0.2, -0.15) is 0 Å². The number of aliphatic hydroxyl groups is 1. The molecule has 1 aromatic rings. The van der Waals surface area contributed by atoms with Crippen LogP contribution in [0.3, 0.4) is 0 Å². The smallest absolute Gasteiger partial charge is 0.0764 e. The van der Waals surface area contributed by atoms with Crippen molar-refractivity contribution in [1.82, 2.24) is 4.90 Å². The van der Waals surface area contributed by atoms with Crippen LogP contribution in [0.4, 0.5) is 0 Å². The maximum atomic E-state index is 11.0. The molecule has 118 valence electrons. The minimum absolute atomic E-state index is 0.0397. The van der Waals surface area contributed by atoms with Gasteiger partial charge < -0.3 is 10.0 Å². The highest BCUT2D eigenvalue weighted by Crippen LogP contribution is 2.37. The van der Waals surface area contributed by atoms with Crippen molar-refractivity contribution in [1.29, 1.82) is 0 Å². The third kappa shape index (κ3) is 3.32. The van der Waals surface area contributed by atoms with E-state index in [4.69, 9.17) is 0 Å². The molecular weight excluding hydrogens is 258 g/mol. The Morgan fingerprint density at radius 2 is 1.57 bits per heavy atom. The minimum atomic E-state index is -0.284. The van der Waals surface area contributed by atoms with Crippen molar-refractivity contribution in [2.75, 3.05) is 14.1 Å². The van der Waals surface area contributed by atoms with Gasteiger partial charge in [0.15, 0.2) is 0 Å². The predicted octanol–water partition coefficient (Wildman–Crippen LogP) is 3.78. The third-order valence-electron chi connectivity index (χ3n) is 5.47. The molecule has 1 N–H and O–H groups in total. The number of hydrogen-bond donors (Lipinski definition) is 1. The highest BCUT2D eigenvalue weighted by Gasteiger charge is 2.41. The standard InChI is InChI=1S/C19H31NO/c1-14-11-15(2)17(16(3)12-14)13-18(21)19(20(4)5)9-7-6-8-10-19/h11-12,18,21H,6-10,13H2,1-5H3. The lowest BCUT2D eigenvalue weighted by atomic mass is 9.74. The summed E-state index contributed by atoms with van der Waals surface area (Å²) in [4.78, 5) is 2.27. The molecule has 1 fully saturated rings. The lowest BCUT2D eigenvalue weighted by Gasteiger charge is -2.46. The van der Waals surface area contributed by atoms with Crippen LogP contribution in [0.25, 0.3) is 0 Å². The molecule has 1 saturated carbocycles. The van der Waals surface area contributed by atoms with Gasteiger partial charge in [-0.3, -0.25) is 0 Å². The number of rotatable bonds is 4. The average molecular weight is 289 g/mol. The maximum absolute atomic E-state index is 11.0. The van der Waals surface area contributed by atoms with E-state index in [-0.39, 0.29) is 11.6 Å². The molecule has 1 aliphatic rings. The zero-order valence-corrected chi connectivity index (χ0v) is 14.4. The molecule has 1 aliphatic carbocycles. The van der Waals surface area contributed by atoms with E-state index in [1.54, 1.807) is 0 Å². The second-order valence-corrected chi connectivity index (χ2v) is 7.16. The Labute approximate surface area is 130 Å². The van der Waals surface area contributed by atoms with Gasteiger partial charge in [0.2, 0.25) is 0 Å². The fraction of sp³-hybridized carbons (Fsp3) is 0.684. The Hall–Kier alpha value is -0.860. The van der Waals surface area contributed by atoms with Crippen molar-refractivity contribution >= 4 is 0 Å². The first-order chi connectivity index (χ1) is 9.86. The van der Waals surface area contributed by atoms with Gasteiger partial charge in [-0.15, -0.1) is 0 Å². The summed E-state index contributed by atoms with van der Waals surface area (Å²) in [5.41, 5.74) is 5.23. The molecule has 2 nitrogen and oxygen atoms in total. The third-order valence-corrected chi connectivity index (χ3v) is 5.47. The first-order valence-electron chi connectivity index (χ1n) is 8.29. The molecule has 1 aromatic carbocycles. The molecule has 1 unspecified atom stereocenters. The van der Waals surface area contributed by atoms with Gasteiger partial charge in [-0.1, -0.05) is 37.0 Å². The molecule has 0 radical (unpaired) electrons. The molecule has 0 amide bonds. The highest BCUT2D eigenvalue weighted by molar-refractivity contribution is 5.38. The number of hydrogen-bond acceptors (Lipinski definition) is 2. The SMILES string of the molecule is Cc1cc(C)c(CC(O)C2(N(C)C)CCCCC2)c(C)c1. The van der Waals surface area contributed by atoms with Gasteiger partial charge in [0.25, 0.3) is 0 Å². The second kappa shape index (κ2) is 6.50. The van der Waals surface area contributed by atoms with E-state index in [2.05, 4.69) is 51.9 Å². The van der Waals surface area contributed by atoms with E-state index in [0.29, 0.717) is 0 Å². The zero-order valence-electron chi connectivity index (χ0n) is 14.4. The molecule has 0 spiro atoms. The molecule has 0 saturated heterocycles. The summed E-state index contributed by atoms with van der Waals surface area (Å²) < 4.78 is 0. The molecule has 2 rings (SSSR count). The molecule has 0 bridgehead atoms. The van der Waals surface area contributed by atoms with Crippen LogP contribution in [0, 0.1) is 20.8 Å². The van der Waals surface area contributed by atoms with Crippen LogP contribution in [0.5, 0.6) is 0 Å². The zero-order chi connectivity index (χ0) is 15.6. The Kier molecular flexibility index (Phi) is 5.11. The van der Waals surface area contributed by atoms with Gasteiger partial charge in [-0.05, 0) is 64.4 Å². The van der Waals surface area contributed by atoms with E-state index in [1.807, 2.05) is 0 Å². The van der Waals surface area contributed by atoms with E-state index in [1.165, 1.54) is 41.5 Å². The Balaban J connectivity index is 2.25. The average Bonchev–Trinajstić information content (AvgIpc) is 2.43. The van der Waals surface area contributed by atoms with Crippen molar-refractivity contribution < 1.29 is 5.11 Å². The van der Waals surface area contributed by atoms with Crippen LogP contribution in [-0.2, 0) is 6.42 Å². The van der Waals surface area contributed by atoms with Crippen LogP contribution in [0.1, 0.15) is 54.4 Å². The molecule has 2 heteroatoms. The largest absolute Gasteiger partial charge is 0.391 e. The van der Waals surface area contributed by atoms with Gasteiger partial charge in [-0.25, -0.2) is 0 Å². The number of aryl methyl sites for hydroxylation is 3. The van der Waals surface area contributed by atoms with E-state index in [0.717, 1.165) is 19.3 Å². The van der Waals surface area contributed by atoms with Gasteiger partial charge in [0.05, 0.1) is 6.10 Å². The maximum Gasteiger partial charge on any atom is 0.0764 e. The number of likely N-dealkylation sites (N-methyl/N-ethyl adjacent to an activating group) is 1. The van der Waals surface area contributed by atoms with Crippen LogP contribution < -0.4 is 0 Å². The van der Waals surface area contributed by atoms with Crippen molar-refractivity contribution in [2.45, 2.75) is 70.9 Å². The fourth-order valence-electron chi connectivity index (χ4n) is 4.16. The molecule has 21 heavy (non-hydrogen) atoms. The van der Waals surface area contributed by atoms with Gasteiger partial charge in [0, 0.05) is 12.0 Å². The summed E-state index contributed by atoms with van der Waals surface area (Å²) in [6.45, 7) is 6.49. The van der Waals surface area contributed by atoms with E-state index in [9.17, 15) is 5.11 Å². The lowest BCUT2D eigenvalue weighted by molar-refractivity contribution is -0.0311. The summed E-state index contributed by atoms with van der Waals surface area (Å²) in [6.07, 6.45) is 6.51. The topological polar surface area (TPSA) is 23.5 Å². The lowest BCUT2D eigenvalue weighted by Crippen LogP contribution is -2.55. The first kappa shape index (κ1) is 16.5. The molecule has 0 aliphatic heterocycles. The predicted molar refractivity (Wildman–Crippen MR) is 89.9 cm³/mol. The van der Waals surface area contributed by atoms with Crippen LogP contribution >= 0.6 is 0 Å². The molecule has 0 aromatic heterocycles. The molecule has 1 atom stereocenters. The quantitative estimate of drug-likeness (QED) is 0.912. The normalized spacial score (nSPS) is 19.8. The Morgan fingerprint density at radius 1 is 1.05 bits per heavy atom. The minimum Gasteiger partial charge on any atom is -0.391 e. The second-order valence-electron chi connectivity index (χ2n) is 7.16.